The van der Waals surface area contributed by atoms with Crippen LogP contribution in [0.3, 0.4) is 0 Å². The molecule has 4 heteroatoms. The van der Waals surface area contributed by atoms with Crippen molar-refractivity contribution < 1.29 is 19.7 Å². The van der Waals surface area contributed by atoms with Gasteiger partial charge in [-0.25, -0.2) is 0 Å². The summed E-state index contributed by atoms with van der Waals surface area (Å²) < 4.78 is 6.35. The van der Waals surface area contributed by atoms with Gasteiger partial charge in [0, 0.05) is 5.56 Å². The van der Waals surface area contributed by atoms with Gasteiger partial charge in [0.1, 0.15) is 17.1 Å². The fourth-order valence-electron chi connectivity index (χ4n) is 3.38. The first-order valence-corrected chi connectivity index (χ1v) is 8.39. The first-order valence-electron chi connectivity index (χ1n) is 8.39. The van der Waals surface area contributed by atoms with E-state index in [2.05, 4.69) is 6.92 Å². The lowest BCUT2D eigenvalue weighted by atomic mass is 9.84. The van der Waals surface area contributed by atoms with Gasteiger partial charge in [-0.1, -0.05) is 6.92 Å². The minimum atomic E-state index is -0.734. The summed E-state index contributed by atoms with van der Waals surface area (Å²) in [6, 6.07) is 0. The van der Waals surface area contributed by atoms with Crippen molar-refractivity contribution in [3.8, 4) is 11.5 Å². The molecular formula is C19H28O4. The third kappa shape index (κ3) is 3.46. The lowest BCUT2D eigenvalue weighted by molar-refractivity contribution is -0.141. The predicted octanol–water partition coefficient (Wildman–Crippen LogP) is 4.29. The van der Waals surface area contributed by atoms with Crippen molar-refractivity contribution in [1.29, 1.82) is 0 Å². The topological polar surface area (TPSA) is 66.8 Å². The summed E-state index contributed by atoms with van der Waals surface area (Å²) in [7, 11) is 0. The number of aliphatic carboxylic acids is 1. The Morgan fingerprint density at radius 1 is 1.26 bits per heavy atom. The zero-order valence-corrected chi connectivity index (χ0v) is 14.8. The maximum Gasteiger partial charge on any atom is 0.306 e. The monoisotopic (exact) mass is 320 g/mol. The van der Waals surface area contributed by atoms with Crippen LogP contribution in [0.5, 0.6) is 11.5 Å². The van der Waals surface area contributed by atoms with Crippen LogP contribution in [0, 0.1) is 26.7 Å². The van der Waals surface area contributed by atoms with Gasteiger partial charge in [0.15, 0.2) is 0 Å². The Hall–Kier alpha value is -1.71. The average Bonchev–Trinajstić information content (AvgIpc) is 2.50. The second kappa shape index (κ2) is 6.42. The third-order valence-corrected chi connectivity index (χ3v) is 5.36. The predicted molar refractivity (Wildman–Crippen MR) is 90.3 cm³/mol. The molecule has 0 fully saturated rings. The van der Waals surface area contributed by atoms with Crippen LogP contribution in [-0.4, -0.2) is 21.8 Å². The van der Waals surface area contributed by atoms with Crippen LogP contribution in [0.1, 0.15) is 61.8 Å². The molecule has 0 saturated carbocycles. The molecule has 1 heterocycles. The van der Waals surface area contributed by atoms with Crippen LogP contribution in [0.25, 0.3) is 0 Å². The van der Waals surface area contributed by atoms with Crippen LogP contribution in [0.4, 0.5) is 0 Å². The van der Waals surface area contributed by atoms with E-state index in [9.17, 15) is 9.90 Å². The summed E-state index contributed by atoms with van der Waals surface area (Å²) in [6.45, 7) is 9.72. The van der Waals surface area contributed by atoms with Crippen molar-refractivity contribution in [3.63, 3.8) is 0 Å². The highest BCUT2D eigenvalue weighted by molar-refractivity contribution is 5.69. The fraction of sp³-hybridized carbons (Fsp3) is 0.632. The molecule has 128 valence electrons. The van der Waals surface area contributed by atoms with Crippen LogP contribution in [0.15, 0.2) is 0 Å². The molecule has 23 heavy (non-hydrogen) atoms. The standard InChI is InChI=1S/C19H28O4/c1-11(18(21)22)7-6-9-19(5)10-8-15-14(4)16(20)12(2)13(3)17(15)23-19/h11,20H,6-10H2,1-5H3,(H,21,22)/t11-,19-/m1/s1. The molecule has 2 N–H and O–H groups in total. The Bertz CT molecular complexity index is 621. The third-order valence-electron chi connectivity index (χ3n) is 5.36. The van der Waals surface area contributed by atoms with E-state index in [4.69, 9.17) is 9.84 Å². The van der Waals surface area contributed by atoms with Crippen LogP contribution in [0.2, 0.25) is 0 Å². The molecule has 0 radical (unpaired) electrons. The fourth-order valence-corrected chi connectivity index (χ4v) is 3.38. The SMILES string of the molecule is Cc1c(C)c2c(c(C)c1O)CC[C@@](C)(CCC[C@@H](C)C(=O)O)O2. The zero-order valence-electron chi connectivity index (χ0n) is 14.8. The largest absolute Gasteiger partial charge is 0.507 e. The molecule has 1 aliphatic rings. The van der Waals surface area contributed by atoms with E-state index >= 15 is 0 Å². The number of benzene rings is 1. The summed E-state index contributed by atoms with van der Waals surface area (Å²) in [6.07, 6.45) is 4.15. The summed E-state index contributed by atoms with van der Waals surface area (Å²) in [5, 5.41) is 19.2. The lowest BCUT2D eigenvalue weighted by Gasteiger charge is -2.38. The number of hydrogen-bond acceptors (Lipinski definition) is 3. The van der Waals surface area contributed by atoms with Crippen molar-refractivity contribution >= 4 is 5.97 Å². The minimum Gasteiger partial charge on any atom is -0.507 e. The maximum atomic E-state index is 10.9. The van der Waals surface area contributed by atoms with Gasteiger partial charge in [-0.15, -0.1) is 0 Å². The minimum absolute atomic E-state index is 0.258. The number of carboxylic acids is 1. The van der Waals surface area contributed by atoms with Gasteiger partial charge in [-0.2, -0.15) is 0 Å². The van der Waals surface area contributed by atoms with Gasteiger partial charge < -0.3 is 14.9 Å². The van der Waals surface area contributed by atoms with Crippen LogP contribution < -0.4 is 4.74 Å². The normalized spacial score (nSPS) is 21.4. The van der Waals surface area contributed by atoms with Gasteiger partial charge >= 0.3 is 5.97 Å². The van der Waals surface area contributed by atoms with Gasteiger partial charge in [-0.3, -0.25) is 4.79 Å². The quantitative estimate of drug-likeness (QED) is 0.849. The van der Waals surface area contributed by atoms with E-state index in [1.165, 1.54) is 0 Å². The Morgan fingerprint density at radius 3 is 2.52 bits per heavy atom. The van der Waals surface area contributed by atoms with Crippen molar-refractivity contribution in [2.75, 3.05) is 0 Å². The Morgan fingerprint density at radius 2 is 1.91 bits per heavy atom. The molecular weight excluding hydrogens is 292 g/mol. The summed E-state index contributed by atoms with van der Waals surface area (Å²) in [5.41, 5.74) is 3.66. The van der Waals surface area contributed by atoms with Crippen molar-refractivity contribution in [2.45, 2.75) is 72.3 Å². The van der Waals surface area contributed by atoms with Crippen LogP contribution in [-0.2, 0) is 11.2 Å². The molecule has 0 saturated heterocycles. The van der Waals surface area contributed by atoms with Crippen molar-refractivity contribution in [1.82, 2.24) is 0 Å². The number of ether oxygens (including phenoxy) is 1. The molecule has 1 aromatic rings. The van der Waals surface area contributed by atoms with E-state index in [0.717, 1.165) is 53.7 Å². The smallest absolute Gasteiger partial charge is 0.306 e. The van der Waals surface area contributed by atoms with Gasteiger partial charge in [0.05, 0.1) is 5.92 Å². The Balaban J connectivity index is 2.14. The maximum absolute atomic E-state index is 10.9. The first kappa shape index (κ1) is 17.6. The Kier molecular flexibility index (Phi) is 4.92. The van der Waals surface area contributed by atoms with Crippen LogP contribution >= 0.6 is 0 Å². The summed E-state index contributed by atoms with van der Waals surface area (Å²) in [5.74, 6) is 0.252. The Labute approximate surface area is 138 Å². The second-order valence-corrected chi connectivity index (χ2v) is 7.21. The number of rotatable bonds is 5. The number of carboxylic acid groups (broad SMARTS) is 1. The molecule has 0 bridgehead atoms. The number of phenols is 1. The highest BCUT2D eigenvalue weighted by Gasteiger charge is 2.34. The molecule has 0 amide bonds. The molecule has 0 aliphatic carbocycles. The van der Waals surface area contributed by atoms with Gasteiger partial charge in [-0.05, 0) is 76.5 Å². The van der Waals surface area contributed by atoms with E-state index in [-0.39, 0.29) is 11.5 Å². The highest BCUT2D eigenvalue weighted by atomic mass is 16.5. The van der Waals surface area contributed by atoms with E-state index in [0.29, 0.717) is 12.2 Å². The second-order valence-electron chi connectivity index (χ2n) is 7.21. The van der Waals surface area contributed by atoms with Gasteiger partial charge in [0.2, 0.25) is 0 Å². The molecule has 1 aliphatic heterocycles. The first-order chi connectivity index (χ1) is 10.7. The summed E-state index contributed by atoms with van der Waals surface area (Å²) >= 11 is 0. The zero-order chi connectivity index (χ0) is 17.4. The summed E-state index contributed by atoms with van der Waals surface area (Å²) in [4.78, 5) is 10.9. The molecule has 2 rings (SSSR count). The molecule has 4 nitrogen and oxygen atoms in total. The number of carbonyl (C=O) groups is 1. The number of phenolic OH excluding ortho intramolecular Hbond substituents is 1. The molecule has 1 aromatic carbocycles. The van der Waals surface area contributed by atoms with E-state index in [1.807, 2.05) is 20.8 Å². The molecule has 2 atom stereocenters. The molecule has 0 aromatic heterocycles. The molecule has 0 spiro atoms. The van der Waals surface area contributed by atoms with Crippen molar-refractivity contribution in [3.05, 3.63) is 22.3 Å². The van der Waals surface area contributed by atoms with E-state index in [1.54, 1.807) is 6.92 Å². The van der Waals surface area contributed by atoms with E-state index < -0.39 is 5.97 Å². The van der Waals surface area contributed by atoms with Crippen molar-refractivity contribution in [2.24, 2.45) is 5.92 Å². The number of fused-ring (bicyclic) bond motifs is 1. The molecule has 0 unspecified atom stereocenters. The lowest BCUT2D eigenvalue weighted by Crippen LogP contribution is -2.37. The van der Waals surface area contributed by atoms with Gasteiger partial charge in [0.25, 0.3) is 0 Å². The number of hydrogen-bond donors (Lipinski definition) is 2. The average molecular weight is 320 g/mol. The highest BCUT2D eigenvalue weighted by Crippen LogP contribution is 2.44. The number of aromatic hydroxyl groups is 1.